The number of hydrogen-bond donors (Lipinski definition) is 0. The third-order valence-corrected chi connectivity index (χ3v) is 2.61. The highest BCUT2D eigenvalue weighted by atomic mass is 16.6. The fourth-order valence-corrected chi connectivity index (χ4v) is 1.96. The van der Waals surface area contributed by atoms with Crippen LogP contribution in [0.1, 0.15) is 19.8 Å². The summed E-state index contributed by atoms with van der Waals surface area (Å²) in [4.78, 5) is 11.2. The molecule has 2 nitrogen and oxygen atoms in total. The number of carbonyl (C=O) groups is 1. The smallest absolute Gasteiger partial charge is 0.309 e. The molecule has 0 aromatic carbocycles. The molecule has 1 heterocycles. The molecular weight excluding hydrogens is 140 g/mol. The van der Waals surface area contributed by atoms with Crippen LogP contribution in [0, 0.1) is 11.8 Å². The molecule has 1 aliphatic carbocycles. The molecule has 2 aliphatic rings. The van der Waals surface area contributed by atoms with Crippen LogP contribution in [0.25, 0.3) is 0 Å². The summed E-state index contributed by atoms with van der Waals surface area (Å²) in [5, 5.41) is 0. The molecule has 60 valence electrons. The molecule has 0 saturated carbocycles. The second kappa shape index (κ2) is 2.36. The number of carbonyl (C=O) groups excluding carboxylic acids is 1. The van der Waals surface area contributed by atoms with Crippen LogP contribution in [0.5, 0.6) is 0 Å². The van der Waals surface area contributed by atoms with Gasteiger partial charge in [-0.1, -0.05) is 12.2 Å². The standard InChI is InChI=1S/C9H12O2/c1-6-7-4-2-3-5-8(7)9(10)11-6/h2,4,6-8H,3,5H2,1H3/t6-,7+,8-/m0/s1. The fourth-order valence-electron chi connectivity index (χ4n) is 1.96. The molecule has 0 aromatic heterocycles. The predicted octanol–water partition coefficient (Wildman–Crippen LogP) is 1.51. The lowest BCUT2D eigenvalue weighted by molar-refractivity contribution is -0.143. The number of hydrogen-bond acceptors (Lipinski definition) is 2. The number of cyclic esters (lactones) is 1. The van der Waals surface area contributed by atoms with Gasteiger partial charge in [0.25, 0.3) is 0 Å². The van der Waals surface area contributed by atoms with E-state index in [1.54, 1.807) is 0 Å². The lowest BCUT2D eigenvalue weighted by Crippen LogP contribution is -2.19. The van der Waals surface area contributed by atoms with E-state index in [4.69, 9.17) is 4.74 Å². The van der Waals surface area contributed by atoms with Crippen molar-refractivity contribution >= 4 is 5.97 Å². The summed E-state index contributed by atoms with van der Waals surface area (Å²) in [7, 11) is 0. The van der Waals surface area contributed by atoms with Crippen LogP contribution < -0.4 is 0 Å². The summed E-state index contributed by atoms with van der Waals surface area (Å²) >= 11 is 0. The van der Waals surface area contributed by atoms with Crippen molar-refractivity contribution in [3.05, 3.63) is 12.2 Å². The van der Waals surface area contributed by atoms with Crippen LogP contribution in [0.4, 0.5) is 0 Å². The molecule has 1 fully saturated rings. The van der Waals surface area contributed by atoms with Gasteiger partial charge in [-0.15, -0.1) is 0 Å². The zero-order valence-corrected chi connectivity index (χ0v) is 6.62. The van der Waals surface area contributed by atoms with Crippen molar-refractivity contribution in [2.75, 3.05) is 0 Å². The average molecular weight is 152 g/mol. The van der Waals surface area contributed by atoms with Crippen LogP contribution in [-0.4, -0.2) is 12.1 Å². The maximum absolute atomic E-state index is 11.2. The van der Waals surface area contributed by atoms with Gasteiger partial charge >= 0.3 is 5.97 Å². The molecule has 0 N–H and O–H groups in total. The van der Waals surface area contributed by atoms with E-state index in [2.05, 4.69) is 12.2 Å². The van der Waals surface area contributed by atoms with Gasteiger partial charge in [0.2, 0.25) is 0 Å². The number of ether oxygens (including phenoxy) is 1. The summed E-state index contributed by atoms with van der Waals surface area (Å²) in [5.41, 5.74) is 0. The first-order valence-electron chi connectivity index (χ1n) is 4.16. The largest absolute Gasteiger partial charge is 0.462 e. The molecule has 2 heteroatoms. The Kier molecular flexibility index (Phi) is 1.48. The van der Waals surface area contributed by atoms with E-state index in [-0.39, 0.29) is 18.0 Å². The Morgan fingerprint density at radius 2 is 2.45 bits per heavy atom. The first-order chi connectivity index (χ1) is 5.29. The minimum absolute atomic E-state index is 0.00634. The van der Waals surface area contributed by atoms with Crippen molar-refractivity contribution in [1.82, 2.24) is 0 Å². The zero-order chi connectivity index (χ0) is 7.84. The second-order valence-corrected chi connectivity index (χ2v) is 3.33. The zero-order valence-electron chi connectivity index (χ0n) is 6.62. The van der Waals surface area contributed by atoms with Gasteiger partial charge in [0, 0.05) is 5.92 Å². The molecule has 0 amide bonds. The highest BCUT2D eigenvalue weighted by Gasteiger charge is 2.41. The molecule has 2 rings (SSSR count). The SMILES string of the molecule is C[C@@H]1OC(=O)[C@H]2CCC=C[C@H]12. The lowest BCUT2D eigenvalue weighted by atomic mass is 9.83. The maximum atomic E-state index is 11.2. The highest BCUT2D eigenvalue weighted by Crippen LogP contribution is 2.35. The quantitative estimate of drug-likeness (QED) is 0.388. The van der Waals surface area contributed by atoms with Gasteiger partial charge in [0.1, 0.15) is 6.10 Å². The molecule has 3 atom stereocenters. The van der Waals surface area contributed by atoms with E-state index in [9.17, 15) is 4.79 Å². The van der Waals surface area contributed by atoms with E-state index in [1.165, 1.54) is 0 Å². The summed E-state index contributed by atoms with van der Waals surface area (Å²) in [6, 6.07) is 0. The fraction of sp³-hybridized carbons (Fsp3) is 0.667. The Bertz CT molecular complexity index is 208. The third-order valence-electron chi connectivity index (χ3n) is 2.61. The van der Waals surface area contributed by atoms with Gasteiger partial charge in [-0.25, -0.2) is 0 Å². The van der Waals surface area contributed by atoms with E-state index in [1.807, 2.05) is 6.92 Å². The topological polar surface area (TPSA) is 26.3 Å². The van der Waals surface area contributed by atoms with Gasteiger partial charge in [-0.2, -0.15) is 0 Å². The van der Waals surface area contributed by atoms with Crippen LogP contribution in [0.2, 0.25) is 0 Å². The Morgan fingerprint density at radius 1 is 1.64 bits per heavy atom. The predicted molar refractivity (Wildman–Crippen MR) is 40.9 cm³/mol. The van der Waals surface area contributed by atoms with Crippen molar-refractivity contribution in [3.63, 3.8) is 0 Å². The Balaban J connectivity index is 2.24. The number of esters is 1. The van der Waals surface area contributed by atoms with Crippen LogP contribution in [0.15, 0.2) is 12.2 Å². The van der Waals surface area contributed by atoms with Crippen LogP contribution in [0.3, 0.4) is 0 Å². The molecule has 1 saturated heterocycles. The van der Waals surface area contributed by atoms with Gasteiger partial charge in [0.15, 0.2) is 0 Å². The third kappa shape index (κ3) is 0.971. The summed E-state index contributed by atoms with van der Waals surface area (Å²) in [6.45, 7) is 1.97. The van der Waals surface area contributed by atoms with Crippen LogP contribution >= 0.6 is 0 Å². The van der Waals surface area contributed by atoms with Crippen molar-refractivity contribution in [1.29, 1.82) is 0 Å². The number of allylic oxidation sites excluding steroid dienone is 1. The van der Waals surface area contributed by atoms with Crippen molar-refractivity contribution in [2.24, 2.45) is 11.8 Å². The molecule has 0 bridgehead atoms. The summed E-state index contributed by atoms with van der Waals surface area (Å²) in [6.07, 6.45) is 6.39. The molecule has 0 spiro atoms. The minimum atomic E-state index is 0.00634. The molecule has 1 aliphatic heterocycles. The van der Waals surface area contributed by atoms with E-state index >= 15 is 0 Å². The average Bonchev–Trinajstić information content (AvgIpc) is 2.30. The van der Waals surface area contributed by atoms with E-state index in [0.29, 0.717) is 5.92 Å². The Morgan fingerprint density at radius 3 is 3.18 bits per heavy atom. The van der Waals surface area contributed by atoms with E-state index in [0.717, 1.165) is 12.8 Å². The van der Waals surface area contributed by atoms with Crippen molar-refractivity contribution in [2.45, 2.75) is 25.9 Å². The van der Waals surface area contributed by atoms with Gasteiger partial charge < -0.3 is 4.74 Å². The van der Waals surface area contributed by atoms with Crippen molar-refractivity contribution in [3.8, 4) is 0 Å². The first-order valence-corrected chi connectivity index (χ1v) is 4.16. The minimum Gasteiger partial charge on any atom is -0.462 e. The highest BCUT2D eigenvalue weighted by molar-refractivity contribution is 5.75. The first kappa shape index (κ1) is 6.89. The number of fused-ring (bicyclic) bond motifs is 1. The van der Waals surface area contributed by atoms with Gasteiger partial charge in [-0.05, 0) is 19.8 Å². The summed E-state index contributed by atoms with van der Waals surface area (Å²) in [5.74, 6) is 0.526. The summed E-state index contributed by atoms with van der Waals surface area (Å²) < 4.78 is 5.12. The van der Waals surface area contributed by atoms with Gasteiger partial charge in [0.05, 0.1) is 5.92 Å². The number of rotatable bonds is 0. The normalized spacial score (nSPS) is 41.9. The Labute approximate surface area is 66.2 Å². The van der Waals surface area contributed by atoms with Crippen molar-refractivity contribution < 1.29 is 9.53 Å². The molecule has 0 radical (unpaired) electrons. The second-order valence-electron chi connectivity index (χ2n) is 3.33. The van der Waals surface area contributed by atoms with E-state index < -0.39 is 0 Å². The molecule has 0 aromatic rings. The lowest BCUT2D eigenvalue weighted by Gasteiger charge is -2.17. The van der Waals surface area contributed by atoms with Crippen LogP contribution in [-0.2, 0) is 9.53 Å². The molecular formula is C9H12O2. The Hall–Kier alpha value is -0.790. The molecule has 0 unspecified atom stereocenters. The maximum Gasteiger partial charge on any atom is 0.309 e. The monoisotopic (exact) mass is 152 g/mol. The van der Waals surface area contributed by atoms with Gasteiger partial charge in [-0.3, -0.25) is 4.79 Å². The molecule has 11 heavy (non-hydrogen) atoms.